The van der Waals surface area contributed by atoms with Gasteiger partial charge < -0.3 is 4.74 Å². The summed E-state index contributed by atoms with van der Waals surface area (Å²) in [7, 11) is 1.72. The lowest BCUT2D eigenvalue weighted by Gasteiger charge is -2.23. The van der Waals surface area contributed by atoms with Gasteiger partial charge in [-0.1, -0.05) is 30.3 Å². The van der Waals surface area contributed by atoms with E-state index < -0.39 is 0 Å². The molecule has 140 valence electrons. The summed E-state index contributed by atoms with van der Waals surface area (Å²) in [6, 6.07) is 12.2. The van der Waals surface area contributed by atoms with Gasteiger partial charge in [0, 0.05) is 49.4 Å². The fraction of sp³-hybridized carbons (Fsp3) is 0.273. The minimum atomic E-state index is 0.718. The number of aryl methyl sites for hydroxylation is 1. The largest absolute Gasteiger partial charge is 0.496 e. The van der Waals surface area contributed by atoms with Crippen molar-refractivity contribution in [3.05, 3.63) is 90.0 Å². The van der Waals surface area contributed by atoms with Gasteiger partial charge in [0.1, 0.15) is 5.75 Å². The summed E-state index contributed by atoms with van der Waals surface area (Å²) in [5.74, 6) is 0.910. The van der Waals surface area contributed by atoms with E-state index in [0.29, 0.717) is 0 Å². The molecule has 0 aliphatic carbocycles. The number of benzene rings is 1. The Kier molecular flexibility index (Phi) is 6.39. The van der Waals surface area contributed by atoms with Gasteiger partial charge in [-0.05, 0) is 24.6 Å². The SMILES string of the molecule is C=CCn1cc(CN(Cc2cccnc2)Cc2ccccc2OC)c(C)n1. The van der Waals surface area contributed by atoms with Gasteiger partial charge >= 0.3 is 0 Å². The number of rotatable bonds is 9. The highest BCUT2D eigenvalue weighted by Gasteiger charge is 2.14. The number of para-hydroxylation sites is 1. The summed E-state index contributed by atoms with van der Waals surface area (Å²) in [4.78, 5) is 6.64. The third kappa shape index (κ3) is 5.05. The zero-order chi connectivity index (χ0) is 19.1. The van der Waals surface area contributed by atoms with Gasteiger partial charge in [-0.2, -0.15) is 5.10 Å². The summed E-state index contributed by atoms with van der Waals surface area (Å²) in [5.41, 5.74) is 4.62. The van der Waals surface area contributed by atoms with Gasteiger partial charge in [0.2, 0.25) is 0 Å². The average molecular weight is 362 g/mol. The van der Waals surface area contributed by atoms with Gasteiger partial charge in [-0.25, -0.2) is 0 Å². The van der Waals surface area contributed by atoms with Gasteiger partial charge in [-0.15, -0.1) is 6.58 Å². The van der Waals surface area contributed by atoms with Crippen molar-refractivity contribution in [2.75, 3.05) is 7.11 Å². The highest BCUT2D eigenvalue weighted by Crippen LogP contribution is 2.22. The van der Waals surface area contributed by atoms with Crippen LogP contribution in [0.4, 0.5) is 0 Å². The van der Waals surface area contributed by atoms with E-state index >= 15 is 0 Å². The smallest absolute Gasteiger partial charge is 0.123 e. The zero-order valence-corrected chi connectivity index (χ0v) is 16.0. The molecule has 5 heteroatoms. The van der Waals surface area contributed by atoms with E-state index in [-0.39, 0.29) is 0 Å². The third-order valence-electron chi connectivity index (χ3n) is 4.47. The number of pyridine rings is 1. The Morgan fingerprint density at radius 1 is 1.11 bits per heavy atom. The maximum absolute atomic E-state index is 5.54. The molecule has 2 aromatic heterocycles. The lowest BCUT2D eigenvalue weighted by molar-refractivity contribution is 0.243. The maximum atomic E-state index is 5.54. The molecular weight excluding hydrogens is 336 g/mol. The second-order valence-electron chi connectivity index (χ2n) is 6.57. The third-order valence-corrected chi connectivity index (χ3v) is 4.47. The van der Waals surface area contributed by atoms with Crippen molar-refractivity contribution in [1.29, 1.82) is 0 Å². The van der Waals surface area contributed by atoms with Gasteiger partial charge in [0.15, 0.2) is 0 Å². The van der Waals surface area contributed by atoms with Crippen LogP contribution in [0, 0.1) is 6.92 Å². The molecule has 2 heterocycles. The quantitative estimate of drug-likeness (QED) is 0.540. The van der Waals surface area contributed by atoms with Crippen LogP contribution in [0.2, 0.25) is 0 Å². The Balaban J connectivity index is 1.84. The van der Waals surface area contributed by atoms with Gasteiger partial charge in [0.05, 0.1) is 19.3 Å². The second kappa shape index (κ2) is 9.14. The van der Waals surface area contributed by atoms with Crippen LogP contribution < -0.4 is 4.74 Å². The minimum Gasteiger partial charge on any atom is -0.496 e. The highest BCUT2D eigenvalue weighted by molar-refractivity contribution is 5.33. The van der Waals surface area contributed by atoms with Crippen LogP contribution in [0.1, 0.15) is 22.4 Å². The number of nitrogens with zero attached hydrogens (tertiary/aromatic N) is 4. The number of methoxy groups -OCH3 is 1. The molecule has 0 saturated heterocycles. The van der Waals surface area contributed by atoms with Crippen LogP contribution in [0.5, 0.6) is 5.75 Å². The molecule has 0 spiro atoms. The normalized spacial score (nSPS) is 10.9. The first kappa shape index (κ1) is 18.9. The molecule has 5 nitrogen and oxygen atoms in total. The fourth-order valence-corrected chi connectivity index (χ4v) is 3.17. The first-order valence-corrected chi connectivity index (χ1v) is 9.06. The molecule has 0 aliphatic heterocycles. The number of aromatic nitrogens is 3. The standard InChI is InChI=1S/C22H26N4O/c1-4-12-26-17-21(18(2)24-26)16-25(14-19-8-7-11-23-13-19)15-20-9-5-6-10-22(20)27-3/h4-11,13,17H,1,12,14-16H2,2-3H3. The van der Waals surface area contributed by atoms with E-state index in [4.69, 9.17) is 4.74 Å². The van der Waals surface area contributed by atoms with Crippen molar-refractivity contribution >= 4 is 0 Å². The zero-order valence-electron chi connectivity index (χ0n) is 16.0. The molecule has 0 radical (unpaired) electrons. The fourth-order valence-electron chi connectivity index (χ4n) is 3.17. The van der Waals surface area contributed by atoms with E-state index in [2.05, 4.69) is 46.8 Å². The maximum Gasteiger partial charge on any atom is 0.123 e. The topological polar surface area (TPSA) is 43.2 Å². The molecule has 0 saturated carbocycles. The van der Waals surface area contributed by atoms with Crippen LogP contribution in [0.25, 0.3) is 0 Å². The number of hydrogen-bond donors (Lipinski definition) is 0. The molecule has 0 amide bonds. The molecule has 27 heavy (non-hydrogen) atoms. The van der Waals surface area contributed by atoms with Crippen LogP contribution >= 0.6 is 0 Å². The van der Waals surface area contributed by atoms with E-state index in [1.54, 1.807) is 13.3 Å². The minimum absolute atomic E-state index is 0.718. The molecule has 3 rings (SSSR count). The highest BCUT2D eigenvalue weighted by atomic mass is 16.5. The first-order valence-electron chi connectivity index (χ1n) is 9.06. The van der Waals surface area contributed by atoms with E-state index in [9.17, 15) is 0 Å². The molecule has 1 aromatic carbocycles. The van der Waals surface area contributed by atoms with Gasteiger partial charge in [0.25, 0.3) is 0 Å². The Morgan fingerprint density at radius 3 is 2.67 bits per heavy atom. The van der Waals surface area contributed by atoms with Gasteiger partial charge in [-0.3, -0.25) is 14.6 Å². The Bertz CT molecular complexity index is 873. The predicted octanol–water partition coefficient (Wildman–Crippen LogP) is 3.98. The van der Waals surface area contributed by atoms with Crippen molar-refractivity contribution < 1.29 is 4.74 Å². The van der Waals surface area contributed by atoms with Crippen LogP contribution in [0.3, 0.4) is 0 Å². The number of allylic oxidation sites excluding steroid dienone is 1. The van der Waals surface area contributed by atoms with E-state index in [1.807, 2.05) is 41.2 Å². The van der Waals surface area contributed by atoms with Crippen molar-refractivity contribution in [1.82, 2.24) is 19.7 Å². The summed E-state index contributed by atoms with van der Waals surface area (Å²) in [5, 5.41) is 4.58. The number of ether oxygens (including phenoxy) is 1. The van der Waals surface area contributed by atoms with Crippen molar-refractivity contribution in [3.8, 4) is 5.75 Å². The summed E-state index contributed by atoms with van der Waals surface area (Å²) >= 11 is 0. The van der Waals surface area contributed by atoms with Crippen molar-refractivity contribution in [2.45, 2.75) is 33.1 Å². The Morgan fingerprint density at radius 2 is 1.93 bits per heavy atom. The second-order valence-corrected chi connectivity index (χ2v) is 6.57. The molecule has 0 N–H and O–H groups in total. The lowest BCUT2D eigenvalue weighted by Crippen LogP contribution is -2.23. The van der Waals surface area contributed by atoms with Crippen molar-refractivity contribution in [2.24, 2.45) is 0 Å². The molecular formula is C22H26N4O. The summed E-state index contributed by atoms with van der Waals surface area (Å²) < 4.78 is 7.47. The molecule has 0 unspecified atom stereocenters. The predicted molar refractivity (Wildman–Crippen MR) is 107 cm³/mol. The van der Waals surface area contributed by atoms with Crippen molar-refractivity contribution in [3.63, 3.8) is 0 Å². The van der Waals surface area contributed by atoms with Crippen LogP contribution in [-0.4, -0.2) is 26.8 Å². The molecule has 3 aromatic rings. The molecule has 0 atom stereocenters. The average Bonchev–Trinajstić information content (AvgIpc) is 3.02. The molecule has 0 fully saturated rings. The molecule has 0 bridgehead atoms. The Hall–Kier alpha value is -2.92. The van der Waals surface area contributed by atoms with E-state index in [1.165, 1.54) is 16.7 Å². The molecule has 0 aliphatic rings. The van der Waals surface area contributed by atoms with Crippen LogP contribution in [0.15, 0.2) is 67.6 Å². The summed E-state index contributed by atoms with van der Waals surface area (Å²) in [6.45, 7) is 8.96. The monoisotopic (exact) mass is 362 g/mol. The Labute approximate surface area is 160 Å². The van der Waals surface area contributed by atoms with Crippen LogP contribution in [-0.2, 0) is 26.2 Å². The lowest BCUT2D eigenvalue weighted by atomic mass is 10.1. The summed E-state index contributed by atoms with van der Waals surface area (Å²) in [6.07, 6.45) is 7.69. The number of hydrogen-bond acceptors (Lipinski definition) is 4. The van der Waals surface area contributed by atoms with E-state index in [0.717, 1.165) is 37.6 Å². The first-order chi connectivity index (χ1) is 13.2.